The zero-order valence-corrected chi connectivity index (χ0v) is 18.2. The molecule has 0 spiro atoms. The Bertz CT molecular complexity index is 723. The van der Waals surface area contributed by atoms with E-state index in [1.54, 1.807) is 0 Å². The number of amides is 2. The summed E-state index contributed by atoms with van der Waals surface area (Å²) < 4.78 is 13.3. The molecule has 4 nitrogen and oxygen atoms in total. The van der Waals surface area contributed by atoms with E-state index in [1.165, 1.54) is 12.1 Å². The Labute approximate surface area is 174 Å². The molecule has 3 rings (SSSR count). The Hall–Kier alpha value is -1.91. The molecule has 1 aliphatic carbocycles. The first-order valence-corrected chi connectivity index (χ1v) is 11.0. The Balaban J connectivity index is 1.68. The molecule has 0 radical (unpaired) electrons. The first-order chi connectivity index (χ1) is 13.7. The molecule has 29 heavy (non-hydrogen) atoms. The third kappa shape index (κ3) is 4.99. The van der Waals surface area contributed by atoms with E-state index >= 15 is 0 Å². The average molecular weight is 403 g/mol. The van der Waals surface area contributed by atoms with Gasteiger partial charge < -0.3 is 10.2 Å². The van der Waals surface area contributed by atoms with Crippen molar-refractivity contribution in [1.82, 2.24) is 10.2 Å². The predicted molar refractivity (Wildman–Crippen MR) is 113 cm³/mol. The van der Waals surface area contributed by atoms with Gasteiger partial charge in [-0.25, -0.2) is 4.39 Å². The lowest BCUT2D eigenvalue weighted by Crippen LogP contribution is -2.56. The van der Waals surface area contributed by atoms with Crippen LogP contribution in [0.5, 0.6) is 0 Å². The maximum Gasteiger partial charge on any atom is 0.245 e. The van der Waals surface area contributed by atoms with Gasteiger partial charge in [-0.05, 0) is 54.2 Å². The average Bonchev–Trinajstić information content (AvgIpc) is 3.20. The summed E-state index contributed by atoms with van der Waals surface area (Å²) in [5.41, 5.74) is 1.00. The highest BCUT2D eigenvalue weighted by Crippen LogP contribution is 2.42. The topological polar surface area (TPSA) is 49.4 Å². The summed E-state index contributed by atoms with van der Waals surface area (Å²) in [6.07, 6.45) is 4.90. The zero-order valence-electron chi connectivity index (χ0n) is 18.2. The lowest BCUT2D eigenvalue weighted by molar-refractivity contribution is -0.141. The van der Waals surface area contributed by atoms with Crippen molar-refractivity contribution in [3.8, 4) is 0 Å². The van der Waals surface area contributed by atoms with Gasteiger partial charge >= 0.3 is 0 Å². The van der Waals surface area contributed by atoms with Crippen LogP contribution in [0.4, 0.5) is 4.39 Å². The van der Waals surface area contributed by atoms with Gasteiger partial charge in [0.05, 0.1) is 0 Å². The molecule has 160 valence electrons. The quantitative estimate of drug-likeness (QED) is 0.788. The molecule has 2 amide bonds. The van der Waals surface area contributed by atoms with Crippen LogP contribution in [0.2, 0.25) is 0 Å². The predicted octanol–water partition coefficient (Wildman–Crippen LogP) is 4.50. The molecule has 2 aliphatic rings. The van der Waals surface area contributed by atoms with Crippen molar-refractivity contribution in [3.63, 3.8) is 0 Å². The maximum absolute atomic E-state index is 13.3. The Morgan fingerprint density at radius 2 is 1.72 bits per heavy atom. The monoisotopic (exact) mass is 402 g/mol. The number of nitrogens with zero attached hydrogens (tertiary/aromatic N) is 1. The fourth-order valence-corrected chi connectivity index (χ4v) is 5.03. The molecular formula is C24H35FN2O2. The second kappa shape index (κ2) is 8.85. The molecule has 1 aromatic carbocycles. The minimum Gasteiger partial charge on any atom is -0.344 e. The minimum absolute atomic E-state index is 0.0250. The van der Waals surface area contributed by atoms with E-state index in [0.717, 1.165) is 37.7 Å². The number of halogens is 1. The molecule has 5 heteroatoms. The highest BCUT2D eigenvalue weighted by atomic mass is 19.1. The van der Waals surface area contributed by atoms with Crippen LogP contribution in [0, 0.1) is 23.1 Å². The molecule has 2 atom stereocenters. The van der Waals surface area contributed by atoms with Crippen molar-refractivity contribution in [2.45, 2.75) is 71.8 Å². The molecule has 1 heterocycles. The first kappa shape index (κ1) is 21.8. The molecule has 0 aromatic heterocycles. The molecule has 0 bridgehead atoms. The summed E-state index contributed by atoms with van der Waals surface area (Å²) >= 11 is 0. The van der Waals surface area contributed by atoms with E-state index in [9.17, 15) is 14.0 Å². The largest absolute Gasteiger partial charge is 0.344 e. The number of carbonyl (C=O) groups is 2. The van der Waals surface area contributed by atoms with Crippen molar-refractivity contribution in [1.29, 1.82) is 0 Å². The minimum atomic E-state index is -0.471. The Morgan fingerprint density at radius 3 is 2.28 bits per heavy atom. The summed E-state index contributed by atoms with van der Waals surface area (Å²) in [6, 6.07) is 6.27. The van der Waals surface area contributed by atoms with Gasteiger partial charge in [-0.15, -0.1) is 0 Å². The zero-order chi connectivity index (χ0) is 21.2. The fourth-order valence-electron chi connectivity index (χ4n) is 5.03. The summed E-state index contributed by atoms with van der Waals surface area (Å²) in [5.74, 6) is 0.220. The van der Waals surface area contributed by atoms with E-state index in [-0.39, 0.29) is 40.8 Å². The van der Waals surface area contributed by atoms with Gasteiger partial charge in [-0.1, -0.05) is 52.7 Å². The molecule has 1 N–H and O–H groups in total. The lowest BCUT2D eigenvalue weighted by atomic mass is 9.70. The molecular weight excluding hydrogens is 367 g/mol. The number of hydrogen-bond donors (Lipinski definition) is 1. The van der Waals surface area contributed by atoms with Crippen LogP contribution < -0.4 is 5.32 Å². The highest BCUT2D eigenvalue weighted by Gasteiger charge is 2.41. The number of carbonyl (C=O) groups excluding carboxylic acids is 2. The smallest absolute Gasteiger partial charge is 0.245 e. The Kier molecular flexibility index (Phi) is 6.65. The second-order valence-corrected chi connectivity index (χ2v) is 9.85. The van der Waals surface area contributed by atoms with Crippen molar-refractivity contribution in [2.24, 2.45) is 17.3 Å². The van der Waals surface area contributed by atoms with Gasteiger partial charge in [0.1, 0.15) is 11.9 Å². The number of nitrogens with one attached hydrogen (secondary N) is 1. The number of rotatable bonds is 5. The van der Waals surface area contributed by atoms with Crippen LogP contribution in [-0.2, 0) is 9.59 Å². The normalized spacial score (nSPS) is 23.2. The maximum atomic E-state index is 13.3. The van der Waals surface area contributed by atoms with Gasteiger partial charge in [-0.3, -0.25) is 9.59 Å². The van der Waals surface area contributed by atoms with E-state index in [0.29, 0.717) is 13.1 Å². The van der Waals surface area contributed by atoms with Gasteiger partial charge in [0.15, 0.2) is 0 Å². The van der Waals surface area contributed by atoms with Crippen LogP contribution in [-0.4, -0.2) is 35.8 Å². The molecule has 1 aliphatic heterocycles. The van der Waals surface area contributed by atoms with Crippen molar-refractivity contribution in [3.05, 3.63) is 35.6 Å². The van der Waals surface area contributed by atoms with Crippen LogP contribution >= 0.6 is 0 Å². The number of likely N-dealkylation sites (tertiary alicyclic amines) is 1. The lowest BCUT2D eigenvalue weighted by Gasteiger charge is -2.45. The van der Waals surface area contributed by atoms with Crippen LogP contribution in [0.15, 0.2) is 24.3 Å². The van der Waals surface area contributed by atoms with Crippen molar-refractivity contribution >= 4 is 11.8 Å². The van der Waals surface area contributed by atoms with E-state index < -0.39 is 6.04 Å². The van der Waals surface area contributed by atoms with Crippen LogP contribution in [0.1, 0.15) is 71.3 Å². The number of piperidine rings is 1. The first-order valence-electron chi connectivity index (χ1n) is 11.0. The van der Waals surface area contributed by atoms with Gasteiger partial charge in [0.2, 0.25) is 11.8 Å². The molecule has 1 saturated heterocycles. The third-order valence-electron chi connectivity index (χ3n) is 6.77. The standard InChI is InChI=1S/C24H35FN2O2/c1-16(2)21(26-22(28)18-7-5-6-8-18)23(29)27-14-13-20(24(3,4)15-27)17-9-11-19(25)12-10-17/h9-12,16,18,20-21H,5-8,13-15H2,1-4H3,(H,26,28)/t20?,21-/m1/s1. The second-order valence-electron chi connectivity index (χ2n) is 9.85. The highest BCUT2D eigenvalue weighted by molar-refractivity contribution is 5.89. The molecule has 1 unspecified atom stereocenters. The van der Waals surface area contributed by atoms with E-state index in [4.69, 9.17) is 0 Å². The van der Waals surface area contributed by atoms with Gasteiger partial charge in [0, 0.05) is 19.0 Å². The molecule has 1 saturated carbocycles. The van der Waals surface area contributed by atoms with Gasteiger partial charge in [0.25, 0.3) is 0 Å². The van der Waals surface area contributed by atoms with Crippen LogP contribution in [0.25, 0.3) is 0 Å². The summed E-state index contributed by atoms with van der Waals surface area (Å²) in [5, 5.41) is 3.06. The van der Waals surface area contributed by atoms with Crippen LogP contribution in [0.3, 0.4) is 0 Å². The van der Waals surface area contributed by atoms with E-state index in [1.807, 2.05) is 30.9 Å². The number of hydrogen-bond acceptors (Lipinski definition) is 2. The number of benzene rings is 1. The Morgan fingerprint density at radius 1 is 1.10 bits per heavy atom. The van der Waals surface area contributed by atoms with Gasteiger partial charge in [-0.2, -0.15) is 0 Å². The SMILES string of the molecule is CC(C)[C@@H](NC(=O)C1CCCC1)C(=O)N1CCC(c2ccc(F)cc2)C(C)(C)C1. The molecule has 1 aromatic rings. The fraction of sp³-hybridized carbons (Fsp3) is 0.667. The molecule has 2 fully saturated rings. The van der Waals surface area contributed by atoms with Crippen molar-refractivity contribution in [2.75, 3.05) is 13.1 Å². The van der Waals surface area contributed by atoms with Crippen molar-refractivity contribution < 1.29 is 14.0 Å². The third-order valence-corrected chi connectivity index (χ3v) is 6.77. The summed E-state index contributed by atoms with van der Waals surface area (Å²) in [4.78, 5) is 27.9. The summed E-state index contributed by atoms with van der Waals surface area (Å²) in [7, 11) is 0. The summed E-state index contributed by atoms with van der Waals surface area (Å²) in [6.45, 7) is 9.62. The van der Waals surface area contributed by atoms with E-state index in [2.05, 4.69) is 19.2 Å².